The van der Waals surface area contributed by atoms with Crippen LogP contribution >= 0.6 is 0 Å². The van der Waals surface area contributed by atoms with Crippen molar-refractivity contribution in [2.75, 3.05) is 25.0 Å². The number of aliphatic hydroxyl groups is 1. The molecule has 1 aliphatic rings. The van der Waals surface area contributed by atoms with Gasteiger partial charge in [-0.2, -0.15) is 0 Å². The van der Waals surface area contributed by atoms with Gasteiger partial charge in [0.1, 0.15) is 5.82 Å². The van der Waals surface area contributed by atoms with Crippen molar-refractivity contribution in [1.82, 2.24) is 5.32 Å². The Morgan fingerprint density at radius 2 is 2.33 bits per heavy atom. The van der Waals surface area contributed by atoms with Crippen LogP contribution in [0.15, 0.2) is 18.2 Å². The summed E-state index contributed by atoms with van der Waals surface area (Å²) in [5.41, 5.74) is 1.60. The van der Waals surface area contributed by atoms with E-state index in [-0.39, 0.29) is 17.8 Å². The van der Waals surface area contributed by atoms with Gasteiger partial charge in [-0.15, -0.1) is 0 Å². The summed E-state index contributed by atoms with van der Waals surface area (Å²) in [4.78, 5) is 2.02. The molecule has 4 heteroatoms. The molecule has 1 aromatic rings. The summed E-state index contributed by atoms with van der Waals surface area (Å²) in [7, 11) is 1.85. The lowest BCUT2D eigenvalue weighted by Crippen LogP contribution is -2.24. The minimum Gasteiger partial charge on any atom is -0.393 e. The van der Waals surface area contributed by atoms with E-state index in [2.05, 4.69) is 5.32 Å². The average Bonchev–Trinajstić information content (AvgIpc) is 2.79. The molecule has 2 atom stereocenters. The molecule has 1 fully saturated rings. The molecule has 2 unspecified atom stereocenters. The predicted molar refractivity (Wildman–Crippen MR) is 71.2 cm³/mol. The number of benzene rings is 1. The van der Waals surface area contributed by atoms with Gasteiger partial charge >= 0.3 is 0 Å². The highest BCUT2D eigenvalue weighted by Gasteiger charge is 2.27. The Hall–Kier alpha value is -1.13. The van der Waals surface area contributed by atoms with Crippen LogP contribution in [0.4, 0.5) is 10.1 Å². The molecule has 1 aliphatic heterocycles. The van der Waals surface area contributed by atoms with Gasteiger partial charge < -0.3 is 15.3 Å². The van der Waals surface area contributed by atoms with Gasteiger partial charge in [-0.3, -0.25) is 0 Å². The molecule has 0 spiro atoms. The second-order valence-electron chi connectivity index (χ2n) is 5.05. The van der Waals surface area contributed by atoms with Crippen LogP contribution in [0.2, 0.25) is 0 Å². The second kappa shape index (κ2) is 5.67. The van der Waals surface area contributed by atoms with Gasteiger partial charge in [0.15, 0.2) is 0 Å². The van der Waals surface area contributed by atoms with E-state index in [9.17, 15) is 9.50 Å². The molecule has 1 aromatic carbocycles. The van der Waals surface area contributed by atoms with Crippen molar-refractivity contribution in [3.8, 4) is 0 Å². The largest absolute Gasteiger partial charge is 0.393 e. The number of anilines is 1. The van der Waals surface area contributed by atoms with Crippen molar-refractivity contribution in [3.05, 3.63) is 29.6 Å². The van der Waals surface area contributed by atoms with Gasteiger partial charge in [-0.05, 0) is 38.1 Å². The molecule has 18 heavy (non-hydrogen) atoms. The van der Waals surface area contributed by atoms with E-state index in [1.807, 2.05) is 24.1 Å². The third-order valence-electron chi connectivity index (χ3n) is 3.64. The molecule has 0 aromatic heterocycles. The minimum atomic E-state index is -0.318. The van der Waals surface area contributed by atoms with Gasteiger partial charge in [0.25, 0.3) is 0 Å². The Labute approximate surface area is 108 Å². The van der Waals surface area contributed by atoms with Crippen LogP contribution in [0.5, 0.6) is 0 Å². The van der Waals surface area contributed by atoms with E-state index in [0.29, 0.717) is 12.2 Å². The second-order valence-corrected chi connectivity index (χ2v) is 5.05. The monoisotopic (exact) mass is 252 g/mol. The fourth-order valence-corrected chi connectivity index (χ4v) is 2.52. The Morgan fingerprint density at radius 1 is 1.56 bits per heavy atom. The third kappa shape index (κ3) is 2.82. The number of nitrogens with one attached hydrogen (secondary N) is 1. The molecule has 3 nitrogen and oxygen atoms in total. The fraction of sp³-hybridized carbons (Fsp3) is 0.571. The van der Waals surface area contributed by atoms with Crippen LogP contribution < -0.4 is 10.2 Å². The quantitative estimate of drug-likeness (QED) is 0.857. The number of aliphatic hydroxyl groups excluding tert-OH is 1. The Kier molecular flexibility index (Phi) is 4.19. The standard InChI is InChI=1S/C14H21FN2O/c1-10(18)12-5-6-17(9-12)14-4-3-11(8-16-2)7-13(14)15/h3-4,7,10,12,16,18H,5-6,8-9H2,1-2H3. The molecule has 0 bridgehead atoms. The van der Waals surface area contributed by atoms with Gasteiger partial charge in [-0.1, -0.05) is 6.07 Å². The first-order valence-electron chi connectivity index (χ1n) is 6.48. The predicted octanol–water partition coefficient (Wildman–Crippen LogP) is 1.75. The van der Waals surface area contributed by atoms with Crippen LogP contribution in [-0.2, 0) is 6.54 Å². The van der Waals surface area contributed by atoms with Gasteiger partial charge in [-0.25, -0.2) is 4.39 Å². The smallest absolute Gasteiger partial charge is 0.146 e. The van der Waals surface area contributed by atoms with Crippen molar-refractivity contribution in [1.29, 1.82) is 0 Å². The summed E-state index contributed by atoms with van der Waals surface area (Å²) in [5, 5.41) is 12.6. The van der Waals surface area contributed by atoms with Crippen LogP contribution in [0.25, 0.3) is 0 Å². The molecule has 0 aliphatic carbocycles. The van der Waals surface area contributed by atoms with E-state index < -0.39 is 0 Å². The van der Waals surface area contributed by atoms with E-state index in [0.717, 1.165) is 25.1 Å². The van der Waals surface area contributed by atoms with Crippen molar-refractivity contribution in [2.24, 2.45) is 5.92 Å². The summed E-state index contributed by atoms with van der Waals surface area (Å²) in [6, 6.07) is 5.37. The normalized spacial score (nSPS) is 21.3. The van der Waals surface area contributed by atoms with Crippen molar-refractivity contribution in [3.63, 3.8) is 0 Å². The van der Waals surface area contributed by atoms with Crippen LogP contribution in [-0.4, -0.2) is 31.3 Å². The SMILES string of the molecule is CNCc1ccc(N2CCC(C(C)O)C2)c(F)c1. The number of rotatable bonds is 4. The number of hydrogen-bond acceptors (Lipinski definition) is 3. The zero-order chi connectivity index (χ0) is 13.1. The molecule has 0 saturated carbocycles. The summed E-state index contributed by atoms with van der Waals surface area (Å²) < 4.78 is 14.0. The molecule has 100 valence electrons. The number of halogens is 1. The third-order valence-corrected chi connectivity index (χ3v) is 3.64. The Bertz CT molecular complexity index is 409. The maximum atomic E-state index is 14.0. The van der Waals surface area contributed by atoms with Gasteiger partial charge in [0.2, 0.25) is 0 Å². The Balaban J connectivity index is 2.10. The van der Waals surface area contributed by atoms with Crippen LogP contribution in [0.3, 0.4) is 0 Å². The zero-order valence-electron chi connectivity index (χ0n) is 11.0. The lowest BCUT2D eigenvalue weighted by molar-refractivity contribution is 0.136. The van der Waals surface area contributed by atoms with E-state index >= 15 is 0 Å². The molecule has 0 amide bonds. The minimum absolute atomic E-state index is 0.172. The molecule has 1 heterocycles. The van der Waals surface area contributed by atoms with Crippen LogP contribution in [0, 0.1) is 11.7 Å². The molecular weight excluding hydrogens is 231 g/mol. The highest BCUT2D eigenvalue weighted by atomic mass is 19.1. The lowest BCUT2D eigenvalue weighted by atomic mass is 10.0. The van der Waals surface area contributed by atoms with Crippen molar-refractivity contribution >= 4 is 5.69 Å². The summed E-state index contributed by atoms with van der Waals surface area (Å²) in [6.07, 6.45) is 0.608. The zero-order valence-corrected chi connectivity index (χ0v) is 11.0. The van der Waals surface area contributed by atoms with Gasteiger partial charge in [0, 0.05) is 25.6 Å². The van der Waals surface area contributed by atoms with E-state index in [4.69, 9.17) is 0 Å². The fourth-order valence-electron chi connectivity index (χ4n) is 2.52. The van der Waals surface area contributed by atoms with Crippen molar-refractivity contribution in [2.45, 2.75) is 26.0 Å². The highest BCUT2D eigenvalue weighted by Crippen LogP contribution is 2.28. The molecule has 2 rings (SSSR count). The summed E-state index contributed by atoms with van der Waals surface area (Å²) >= 11 is 0. The molecular formula is C14H21FN2O. The highest BCUT2D eigenvalue weighted by molar-refractivity contribution is 5.50. The van der Waals surface area contributed by atoms with Crippen molar-refractivity contribution < 1.29 is 9.50 Å². The maximum absolute atomic E-state index is 14.0. The number of nitrogens with zero attached hydrogens (tertiary/aromatic N) is 1. The van der Waals surface area contributed by atoms with Crippen LogP contribution in [0.1, 0.15) is 18.9 Å². The lowest BCUT2D eigenvalue weighted by Gasteiger charge is -2.20. The maximum Gasteiger partial charge on any atom is 0.146 e. The molecule has 2 N–H and O–H groups in total. The Morgan fingerprint density at radius 3 is 2.89 bits per heavy atom. The van der Waals surface area contributed by atoms with E-state index in [1.165, 1.54) is 0 Å². The summed E-state index contributed by atoms with van der Waals surface area (Å²) in [6.45, 7) is 4.03. The number of hydrogen-bond donors (Lipinski definition) is 2. The first kappa shape index (κ1) is 13.3. The first-order chi connectivity index (χ1) is 8.61. The summed E-state index contributed by atoms with van der Waals surface area (Å²) in [5.74, 6) is 0.0791. The first-order valence-corrected chi connectivity index (χ1v) is 6.48. The average molecular weight is 252 g/mol. The topological polar surface area (TPSA) is 35.5 Å². The molecule has 1 saturated heterocycles. The van der Waals surface area contributed by atoms with E-state index in [1.54, 1.807) is 13.0 Å². The van der Waals surface area contributed by atoms with Gasteiger partial charge in [0.05, 0.1) is 11.8 Å². The molecule has 0 radical (unpaired) electrons.